The minimum absolute atomic E-state index is 0.348. The number of pyridine rings is 1. The van der Waals surface area contributed by atoms with Crippen LogP contribution in [0.25, 0.3) is 10.1 Å². The second-order valence-corrected chi connectivity index (χ2v) is 5.34. The number of ether oxygens (including phenoxy) is 1. The Morgan fingerprint density at radius 1 is 1.47 bits per heavy atom. The van der Waals surface area contributed by atoms with Crippen LogP contribution in [0.15, 0.2) is 23.7 Å². The zero-order chi connectivity index (χ0) is 11.7. The Bertz CT molecular complexity index is 511. The summed E-state index contributed by atoms with van der Waals surface area (Å²) >= 11 is 1.77. The predicted octanol–water partition coefficient (Wildman–Crippen LogP) is 2.91. The number of hydrogen-bond donors (Lipinski definition) is 0. The summed E-state index contributed by atoms with van der Waals surface area (Å²) < 4.78 is 6.77. The lowest BCUT2D eigenvalue weighted by molar-refractivity contribution is 0.0892. The van der Waals surface area contributed by atoms with Gasteiger partial charge in [0.15, 0.2) is 0 Å². The van der Waals surface area contributed by atoms with Gasteiger partial charge in [0.05, 0.1) is 10.8 Å². The highest BCUT2D eigenvalue weighted by atomic mass is 32.1. The largest absolute Gasteiger partial charge is 0.380 e. The molecule has 0 aromatic carbocycles. The van der Waals surface area contributed by atoms with E-state index in [0.717, 1.165) is 25.3 Å². The molecule has 0 saturated carbocycles. The third kappa shape index (κ3) is 2.03. The lowest BCUT2D eigenvalue weighted by Crippen LogP contribution is -2.39. The van der Waals surface area contributed by atoms with Crippen molar-refractivity contribution in [2.75, 3.05) is 25.1 Å². The van der Waals surface area contributed by atoms with Crippen LogP contribution in [0, 0.1) is 0 Å². The van der Waals surface area contributed by atoms with Gasteiger partial charge in [-0.05, 0) is 35.7 Å². The van der Waals surface area contributed by atoms with E-state index in [9.17, 15) is 0 Å². The molecule has 1 unspecified atom stereocenters. The molecule has 1 atom stereocenters. The summed E-state index contributed by atoms with van der Waals surface area (Å²) in [6, 6.07) is 4.23. The van der Waals surface area contributed by atoms with Crippen LogP contribution >= 0.6 is 11.3 Å². The van der Waals surface area contributed by atoms with Gasteiger partial charge in [0.2, 0.25) is 0 Å². The first-order valence-corrected chi connectivity index (χ1v) is 6.86. The highest BCUT2D eigenvalue weighted by Gasteiger charge is 2.21. The van der Waals surface area contributed by atoms with E-state index < -0.39 is 0 Å². The Kier molecular flexibility index (Phi) is 2.99. The van der Waals surface area contributed by atoms with Crippen LogP contribution in [0.5, 0.6) is 0 Å². The molecule has 2 aromatic rings. The number of rotatable bonds is 2. The predicted molar refractivity (Wildman–Crippen MR) is 71.9 cm³/mol. The molecule has 2 aromatic heterocycles. The zero-order valence-electron chi connectivity index (χ0n) is 9.93. The van der Waals surface area contributed by atoms with Gasteiger partial charge < -0.3 is 9.64 Å². The maximum absolute atomic E-state index is 5.47. The molecule has 3 nitrogen and oxygen atoms in total. The van der Waals surface area contributed by atoms with Crippen molar-refractivity contribution in [2.45, 2.75) is 18.9 Å². The second-order valence-electron chi connectivity index (χ2n) is 4.42. The number of fused-ring (bicyclic) bond motifs is 1. The highest BCUT2D eigenvalue weighted by molar-refractivity contribution is 7.17. The maximum Gasteiger partial charge on any atom is 0.146 e. The lowest BCUT2D eigenvalue weighted by atomic mass is 10.1. The summed E-state index contributed by atoms with van der Waals surface area (Å²) in [5.74, 6) is 1.12. The van der Waals surface area contributed by atoms with Crippen LogP contribution < -0.4 is 4.90 Å². The van der Waals surface area contributed by atoms with E-state index in [0.29, 0.717) is 6.10 Å². The van der Waals surface area contributed by atoms with Crippen molar-refractivity contribution in [3.63, 3.8) is 0 Å². The zero-order valence-corrected chi connectivity index (χ0v) is 10.7. The molecule has 4 heteroatoms. The van der Waals surface area contributed by atoms with E-state index >= 15 is 0 Å². The van der Waals surface area contributed by atoms with E-state index in [-0.39, 0.29) is 0 Å². The fourth-order valence-corrected chi connectivity index (χ4v) is 3.34. The van der Waals surface area contributed by atoms with E-state index in [1.807, 2.05) is 6.20 Å². The summed E-state index contributed by atoms with van der Waals surface area (Å²) in [6.07, 6.45) is 4.59. The van der Waals surface area contributed by atoms with Gasteiger partial charge in [-0.1, -0.05) is 0 Å². The Hall–Kier alpha value is -1.13. The molecule has 0 radical (unpaired) electrons. The quantitative estimate of drug-likeness (QED) is 0.817. The highest BCUT2D eigenvalue weighted by Crippen LogP contribution is 2.31. The van der Waals surface area contributed by atoms with E-state index in [4.69, 9.17) is 4.74 Å². The number of piperidine rings is 1. The van der Waals surface area contributed by atoms with Gasteiger partial charge >= 0.3 is 0 Å². The van der Waals surface area contributed by atoms with Crippen molar-refractivity contribution in [3.8, 4) is 0 Å². The molecule has 1 aliphatic heterocycles. The van der Waals surface area contributed by atoms with Crippen molar-refractivity contribution in [1.29, 1.82) is 0 Å². The number of aromatic nitrogens is 1. The molecule has 1 saturated heterocycles. The molecule has 1 aliphatic rings. The van der Waals surface area contributed by atoms with Crippen LogP contribution in [0.3, 0.4) is 0 Å². The first-order valence-electron chi connectivity index (χ1n) is 5.98. The first kappa shape index (κ1) is 11.0. The number of methoxy groups -OCH3 is 1. The SMILES string of the molecule is COC1CCCN(c2nccc3ccsc23)C1. The van der Waals surface area contributed by atoms with E-state index in [1.54, 1.807) is 18.4 Å². The smallest absolute Gasteiger partial charge is 0.146 e. The van der Waals surface area contributed by atoms with Crippen LogP contribution in [0.4, 0.5) is 5.82 Å². The van der Waals surface area contributed by atoms with Crippen LogP contribution in [-0.2, 0) is 4.74 Å². The number of nitrogens with zero attached hydrogens (tertiary/aromatic N) is 2. The molecule has 90 valence electrons. The normalized spacial score (nSPS) is 21.0. The third-order valence-corrected chi connectivity index (χ3v) is 4.29. The van der Waals surface area contributed by atoms with Crippen molar-refractivity contribution in [3.05, 3.63) is 23.7 Å². The number of anilines is 1. The molecule has 1 fully saturated rings. The van der Waals surface area contributed by atoms with Crippen LogP contribution in [0.2, 0.25) is 0 Å². The Morgan fingerprint density at radius 2 is 2.41 bits per heavy atom. The fraction of sp³-hybridized carbons (Fsp3) is 0.462. The van der Waals surface area contributed by atoms with Crippen LogP contribution in [0.1, 0.15) is 12.8 Å². The summed E-state index contributed by atoms with van der Waals surface area (Å²) in [4.78, 5) is 6.91. The molecule has 0 N–H and O–H groups in total. The molecule has 17 heavy (non-hydrogen) atoms. The lowest BCUT2D eigenvalue weighted by Gasteiger charge is -2.32. The van der Waals surface area contributed by atoms with Crippen molar-refractivity contribution < 1.29 is 4.74 Å². The van der Waals surface area contributed by atoms with E-state index in [2.05, 4.69) is 27.4 Å². The van der Waals surface area contributed by atoms with Crippen LogP contribution in [-0.4, -0.2) is 31.3 Å². The van der Waals surface area contributed by atoms with Gasteiger partial charge in [0.25, 0.3) is 0 Å². The second kappa shape index (κ2) is 4.63. The topological polar surface area (TPSA) is 25.4 Å². The maximum atomic E-state index is 5.47. The van der Waals surface area contributed by atoms with Crippen molar-refractivity contribution >= 4 is 27.2 Å². The van der Waals surface area contributed by atoms with Gasteiger partial charge in [-0.3, -0.25) is 0 Å². The Morgan fingerprint density at radius 3 is 3.29 bits per heavy atom. The fourth-order valence-electron chi connectivity index (χ4n) is 2.43. The van der Waals surface area contributed by atoms with Gasteiger partial charge in [-0.25, -0.2) is 4.98 Å². The standard InChI is InChI=1S/C13H16N2OS/c1-16-11-3-2-7-15(9-11)13-12-10(4-6-14-13)5-8-17-12/h4-6,8,11H,2-3,7,9H2,1H3. The minimum atomic E-state index is 0.348. The van der Waals surface area contributed by atoms with E-state index in [1.165, 1.54) is 16.5 Å². The Labute approximate surface area is 105 Å². The van der Waals surface area contributed by atoms with Gasteiger partial charge in [-0.2, -0.15) is 0 Å². The Balaban J connectivity index is 1.94. The van der Waals surface area contributed by atoms with Gasteiger partial charge in [0, 0.05) is 26.4 Å². The van der Waals surface area contributed by atoms with Crippen molar-refractivity contribution in [1.82, 2.24) is 4.98 Å². The number of thiophene rings is 1. The molecule has 3 heterocycles. The minimum Gasteiger partial charge on any atom is -0.380 e. The number of hydrogen-bond acceptors (Lipinski definition) is 4. The van der Waals surface area contributed by atoms with Gasteiger partial charge in [0.1, 0.15) is 5.82 Å². The molecular formula is C13H16N2OS. The molecule has 0 amide bonds. The molecular weight excluding hydrogens is 232 g/mol. The monoisotopic (exact) mass is 248 g/mol. The first-order chi connectivity index (χ1) is 8.38. The molecule has 3 rings (SSSR count). The summed E-state index contributed by atoms with van der Waals surface area (Å²) in [6.45, 7) is 2.05. The average Bonchev–Trinajstić information content (AvgIpc) is 2.87. The molecule has 0 aliphatic carbocycles. The van der Waals surface area contributed by atoms with Gasteiger partial charge in [-0.15, -0.1) is 11.3 Å². The van der Waals surface area contributed by atoms with Crippen molar-refractivity contribution in [2.24, 2.45) is 0 Å². The molecule has 0 bridgehead atoms. The summed E-state index contributed by atoms with van der Waals surface area (Å²) in [5, 5.41) is 3.42. The molecule has 0 spiro atoms. The average molecular weight is 248 g/mol. The summed E-state index contributed by atoms with van der Waals surface area (Å²) in [7, 11) is 1.80. The third-order valence-electron chi connectivity index (χ3n) is 3.36. The summed E-state index contributed by atoms with van der Waals surface area (Å²) in [5.41, 5.74) is 0.